The molecule has 2 atom stereocenters. The topological polar surface area (TPSA) is 38.7 Å². The molecule has 1 aliphatic heterocycles. The predicted molar refractivity (Wildman–Crippen MR) is 31.6 cm³/mol. The van der Waals surface area contributed by atoms with E-state index in [1.165, 1.54) is 0 Å². The van der Waals surface area contributed by atoms with Crippen molar-refractivity contribution in [2.75, 3.05) is 6.61 Å². The number of rotatable bonds is 2. The van der Waals surface area contributed by atoms with E-state index in [1.807, 2.05) is 0 Å². The standard InChI is InChI=1S/C6H10O3/c1-2-3-5-4-8-6(7)9-5/h2,5-7H,1,3-4H2. The Morgan fingerprint density at radius 1 is 1.78 bits per heavy atom. The molecule has 52 valence electrons. The first-order valence-corrected chi connectivity index (χ1v) is 2.89. The molecule has 0 bridgehead atoms. The van der Waals surface area contributed by atoms with Crippen LogP contribution < -0.4 is 0 Å². The maximum absolute atomic E-state index is 8.65. The van der Waals surface area contributed by atoms with Crippen molar-refractivity contribution in [3.8, 4) is 0 Å². The highest BCUT2D eigenvalue weighted by Crippen LogP contribution is 2.11. The molecule has 0 aromatic heterocycles. The highest BCUT2D eigenvalue weighted by Gasteiger charge is 2.21. The van der Waals surface area contributed by atoms with Gasteiger partial charge in [0.2, 0.25) is 0 Å². The largest absolute Gasteiger partial charge is 0.346 e. The van der Waals surface area contributed by atoms with Gasteiger partial charge in [0.25, 0.3) is 6.48 Å². The van der Waals surface area contributed by atoms with E-state index < -0.39 is 6.48 Å². The Morgan fingerprint density at radius 2 is 2.56 bits per heavy atom. The monoisotopic (exact) mass is 130 g/mol. The molecule has 1 heterocycles. The summed E-state index contributed by atoms with van der Waals surface area (Å²) < 4.78 is 9.57. The van der Waals surface area contributed by atoms with Crippen LogP contribution in [0.3, 0.4) is 0 Å². The van der Waals surface area contributed by atoms with E-state index in [9.17, 15) is 0 Å². The Kier molecular flexibility index (Phi) is 2.22. The Bertz CT molecular complexity index is 102. The zero-order valence-electron chi connectivity index (χ0n) is 5.12. The summed E-state index contributed by atoms with van der Waals surface area (Å²) in [4.78, 5) is 0. The first-order valence-electron chi connectivity index (χ1n) is 2.89. The van der Waals surface area contributed by atoms with Gasteiger partial charge in [-0.3, -0.25) is 0 Å². The lowest BCUT2D eigenvalue weighted by Crippen LogP contribution is -2.10. The van der Waals surface area contributed by atoms with Crippen molar-refractivity contribution >= 4 is 0 Å². The second-order valence-electron chi connectivity index (χ2n) is 1.92. The summed E-state index contributed by atoms with van der Waals surface area (Å²) in [6.45, 7) is 2.98. The molecule has 9 heavy (non-hydrogen) atoms. The minimum Gasteiger partial charge on any atom is -0.346 e. The van der Waals surface area contributed by atoms with E-state index in [-0.39, 0.29) is 6.10 Å². The van der Waals surface area contributed by atoms with Gasteiger partial charge < -0.3 is 14.6 Å². The molecule has 0 aromatic rings. The summed E-state index contributed by atoms with van der Waals surface area (Å²) in [7, 11) is 0. The zero-order chi connectivity index (χ0) is 6.69. The molecule has 0 amide bonds. The van der Waals surface area contributed by atoms with Gasteiger partial charge in [-0.25, -0.2) is 0 Å². The highest BCUT2D eigenvalue weighted by molar-refractivity contribution is 4.74. The van der Waals surface area contributed by atoms with Gasteiger partial charge in [-0.1, -0.05) is 6.08 Å². The van der Waals surface area contributed by atoms with Crippen LogP contribution in [0.5, 0.6) is 0 Å². The average Bonchev–Trinajstić information content (AvgIpc) is 2.17. The van der Waals surface area contributed by atoms with Gasteiger partial charge in [0.05, 0.1) is 12.7 Å². The van der Waals surface area contributed by atoms with Gasteiger partial charge >= 0.3 is 0 Å². The van der Waals surface area contributed by atoms with Crippen molar-refractivity contribution in [1.82, 2.24) is 0 Å². The number of aliphatic hydroxyl groups is 1. The van der Waals surface area contributed by atoms with Crippen molar-refractivity contribution < 1.29 is 14.6 Å². The van der Waals surface area contributed by atoms with Crippen LogP contribution in [-0.4, -0.2) is 24.3 Å². The molecule has 3 nitrogen and oxygen atoms in total. The SMILES string of the molecule is C=CCC1COC(O)O1. The van der Waals surface area contributed by atoms with Gasteiger partial charge in [-0.15, -0.1) is 6.58 Å². The maximum Gasteiger partial charge on any atom is 0.269 e. The van der Waals surface area contributed by atoms with Crippen LogP contribution in [-0.2, 0) is 9.47 Å². The minimum absolute atomic E-state index is 0.00231. The molecule has 2 unspecified atom stereocenters. The molecule has 1 N–H and O–H groups in total. The average molecular weight is 130 g/mol. The summed E-state index contributed by atoms with van der Waals surface area (Å²) in [5.41, 5.74) is 0. The van der Waals surface area contributed by atoms with Gasteiger partial charge in [-0.05, 0) is 6.42 Å². The first-order chi connectivity index (χ1) is 4.33. The van der Waals surface area contributed by atoms with Gasteiger partial charge in [-0.2, -0.15) is 0 Å². The molecule has 0 radical (unpaired) electrons. The van der Waals surface area contributed by atoms with Crippen LogP contribution >= 0.6 is 0 Å². The van der Waals surface area contributed by atoms with E-state index in [0.29, 0.717) is 6.61 Å². The highest BCUT2D eigenvalue weighted by atomic mass is 16.8. The molecule has 0 aromatic carbocycles. The van der Waals surface area contributed by atoms with Crippen molar-refractivity contribution in [3.05, 3.63) is 12.7 Å². The molecule has 1 saturated heterocycles. The fourth-order valence-corrected chi connectivity index (χ4v) is 0.742. The van der Waals surface area contributed by atoms with Crippen LogP contribution in [0.2, 0.25) is 0 Å². The summed E-state index contributed by atoms with van der Waals surface area (Å²) in [6.07, 6.45) is 2.47. The third kappa shape index (κ3) is 1.78. The van der Waals surface area contributed by atoms with Crippen molar-refractivity contribution in [2.45, 2.75) is 19.0 Å². The fraction of sp³-hybridized carbons (Fsp3) is 0.667. The van der Waals surface area contributed by atoms with Crippen molar-refractivity contribution in [3.63, 3.8) is 0 Å². The normalized spacial score (nSPS) is 34.8. The zero-order valence-corrected chi connectivity index (χ0v) is 5.12. The predicted octanol–water partition coefficient (Wildman–Crippen LogP) is 0.254. The lowest BCUT2D eigenvalue weighted by Gasteiger charge is -2.02. The molecular formula is C6H10O3. The van der Waals surface area contributed by atoms with Crippen LogP contribution in [0.25, 0.3) is 0 Å². The van der Waals surface area contributed by atoms with Crippen LogP contribution in [0, 0.1) is 0 Å². The minimum atomic E-state index is -1.02. The molecule has 1 rings (SSSR count). The smallest absolute Gasteiger partial charge is 0.269 e. The third-order valence-electron chi connectivity index (χ3n) is 1.16. The first kappa shape index (κ1) is 6.74. The van der Waals surface area contributed by atoms with E-state index in [1.54, 1.807) is 6.08 Å². The number of aliphatic hydroxyl groups excluding tert-OH is 1. The fourth-order valence-electron chi connectivity index (χ4n) is 0.742. The summed E-state index contributed by atoms with van der Waals surface area (Å²) in [5, 5.41) is 8.65. The van der Waals surface area contributed by atoms with Gasteiger partial charge in [0.1, 0.15) is 0 Å². The second kappa shape index (κ2) is 2.96. The van der Waals surface area contributed by atoms with E-state index in [4.69, 9.17) is 14.6 Å². The van der Waals surface area contributed by atoms with Gasteiger partial charge in [0, 0.05) is 0 Å². The Morgan fingerprint density at radius 3 is 3.00 bits per heavy atom. The molecule has 3 heteroatoms. The number of ether oxygens (including phenoxy) is 2. The maximum atomic E-state index is 8.65. The molecule has 1 fully saturated rings. The summed E-state index contributed by atoms with van der Waals surface area (Å²) in [5.74, 6) is 0. The van der Waals surface area contributed by atoms with Crippen LogP contribution in [0.4, 0.5) is 0 Å². The summed E-state index contributed by atoms with van der Waals surface area (Å²) in [6, 6.07) is 0. The van der Waals surface area contributed by atoms with E-state index >= 15 is 0 Å². The number of hydrogen-bond acceptors (Lipinski definition) is 3. The van der Waals surface area contributed by atoms with Crippen LogP contribution in [0.15, 0.2) is 12.7 Å². The molecule has 0 saturated carbocycles. The van der Waals surface area contributed by atoms with Crippen molar-refractivity contribution in [1.29, 1.82) is 0 Å². The third-order valence-corrected chi connectivity index (χ3v) is 1.16. The summed E-state index contributed by atoms with van der Waals surface area (Å²) >= 11 is 0. The quantitative estimate of drug-likeness (QED) is 0.545. The molecule has 1 aliphatic rings. The lowest BCUT2D eigenvalue weighted by atomic mass is 10.3. The molecule has 0 spiro atoms. The Labute approximate surface area is 53.9 Å². The Balaban J connectivity index is 2.21. The second-order valence-corrected chi connectivity index (χ2v) is 1.92. The van der Waals surface area contributed by atoms with E-state index in [0.717, 1.165) is 6.42 Å². The van der Waals surface area contributed by atoms with Gasteiger partial charge in [0.15, 0.2) is 0 Å². The lowest BCUT2D eigenvalue weighted by molar-refractivity contribution is -0.203. The molecule has 0 aliphatic carbocycles. The van der Waals surface area contributed by atoms with Crippen LogP contribution in [0.1, 0.15) is 6.42 Å². The number of hydrogen-bond donors (Lipinski definition) is 1. The Hall–Kier alpha value is -0.380. The molecular weight excluding hydrogens is 120 g/mol. The van der Waals surface area contributed by atoms with Crippen molar-refractivity contribution in [2.24, 2.45) is 0 Å². The van der Waals surface area contributed by atoms with E-state index in [2.05, 4.69) is 6.58 Å².